The van der Waals surface area contributed by atoms with Crippen LogP contribution in [0.3, 0.4) is 0 Å². The van der Waals surface area contributed by atoms with Crippen molar-refractivity contribution in [3.05, 3.63) is 35.9 Å². The third-order valence-corrected chi connectivity index (χ3v) is 5.27. The van der Waals surface area contributed by atoms with Gasteiger partial charge in [0.25, 0.3) is 20.2 Å². The fraction of sp³-hybridized carbons (Fsp3) is 0.167. The average Bonchev–Trinajstić information content (AvgIpc) is 2.34. The molecule has 0 aliphatic rings. The SMILES string of the molecule is CC(c1c(N)ccc2c(S(=O)(=O)O)cccc12)S(=O)(=O)O. The van der Waals surface area contributed by atoms with Crippen molar-refractivity contribution in [1.29, 1.82) is 0 Å². The Labute approximate surface area is 121 Å². The highest BCUT2D eigenvalue weighted by Crippen LogP contribution is 2.35. The average molecular weight is 331 g/mol. The molecule has 1 unspecified atom stereocenters. The second-order valence-corrected chi connectivity index (χ2v) is 7.68. The van der Waals surface area contributed by atoms with Gasteiger partial charge in [0.1, 0.15) is 10.1 Å². The van der Waals surface area contributed by atoms with E-state index in [1.165, 1.54) is 37.3 Å². The lowest BCUT2D eigenvalue weighted by Crippen LogP contribution is -2.11. The van der Waals surface area contributed by atoms with E-state index in [4.69, 9.17) is 5.73 Å². The number of nitrogens with two attached hydrogens (primary N) is 1. The van der Waals surface area contributed by atoms with E-state index in [0.29, 0.717) is 0 Å². The second-order valence-electron chi connectivity index (χ2n) is 4.55. The molecule has 0 spiro atoms. The third kappa shape index (κ3) is 2.86. The minimum Gasteiger partial charge on any atom is -0.398 e. The van der Waals surface area contributed by atoms with Crippen LogP contribution in [-0.4, -0.2) is 25.9 Å². The van der Waals surface area contributed by atoms with Crippen LogP contribution in [0.15, 0.2) is 35.2 Å². The molecule has 0 aromatic heterocycles. The number of benzene rings is 2. The normalized spacial score (nSPS) is 14.2. The molecule has 2 rings (SSSR count). The summed E-state index contributed by atoms with van der Waals surface area (Å²) in [6.07, 6.45) is 0. The van der Waals surface area contributed by atoms with Gasteiger partial charge in [0.05, 0.1) is 0 Å². The van der Waals surface area contributed by atoms with E-state index in [0.717, 1.165) is 0 Å². The molecule has 0 aliphatic heterocycles. The van der Waals surface area contributed by atoms with Gasteiger partial charge in [-0.2, -0.15) is 16.8 Å². The Morgan fingerprint density at radius 3 is 2.14 bits per heavy atom. The molecule has 0 saturated heterocycles. The predicted molar refractivity (Wildman–Crippen MR) is 78.1 cm³/mol. The summed E-state index contributed by atoms with van der Waals surface area (Å²) in [7, 11) is -8.88. The highest BCUT2D eigenvalue weighted by Gasteiger charge is 2.25. The van der Waals surface area contributed by atoms with Gasteiger partial charge < -0.3 is 5.73 Å². The van der Waals surface area contributed by atoms with E-state index in [1.807, 2.05) is 0 Å². The Kier molecular flexibility index (Phi) is 3.70. The molecule has 0 fully saturated rings. The van der Waals surface area contributed by atoms with Crippen molar-refractivity contribution >= 4 is 36.7 Å². The van der Waals surface area contributed by atoms with Crippen LogP contribution in [0.5, 0.6) is 0 Å². The van der Waals surface area contributed by atoms with Crippen LogP contribution in [0.1, 0.15) is 17.7 Å². The monoisotopic (exact) mass is 331 g/mol. The number of hydrogen-bond acceptors (Lipinski definition) is 5. The minimum atomic E-state index is -4.47. The molecule has 0 radical (unpaired) electrons. The zero-order chi connectivity index (χ0) is 16.0. The van der Waals surface area contributed by atoms with Gasteiger partial charge in [0, 0.05) is 16.6 Å². The molecular weight excluding hydrogens is 318 g/mol. The van der Waals surface area contributed by atoms with Crippen LogP contribution in [0, 0.1) is 0 Å². The first-order valence-corrected chi connectivity index (χ1v) is 8.72. The number of hydrogen-bond donors (Lipinski definition) is 3. The highest BCUT2D eigenvalue weighted by molar-refractivity contribution is 7.86. The molecule has 7 nitrogen and oxygen atoms in total. The van der Waals surface area contributed by atoms with Gasteiger partial charge >= 0.3 is 0 Å². The Morgan fingerprint density at radius 1 is 1.00 bits per heavy atom. The summed E-state index contributed by atoms with van der Waals surface area (Å²) >= 11 is 0. The van der Waals surface area contributed by atoms with Crippen LogP contribution in [0.4, 0.5) is 5.69 Å². The van der Waals surface area contributed by atoms with E-state index in [2.05, 4.69) is 0 Å². The van der Waals surface area contributed by atoms with Crippen LogP contribution in [-0.2, 0) is 20.2 Å². The largest absolute Gasteiger partial charge is 0.398 e. The highest BCUT2D eigenvalue weighted by atomic mass is 32.2. The molecule has 1 atom stereocenters. The summed E-state index contributed by atoms with van der Waals surface area (Å²) < 4.78 is 63.8. The summed E-state index contributed by atoms with van der Waals surface area (Å²) in [5.41, 5.74) is 5.94. The summed E-state index contributed by atoms with van der Waals surface area (Å²) in [6, 6.07) is 6.71. The molecule has 0 heterocycles. The van der Waals surface area contributed by atoms with E-state index in [1.54, 1.807) is 0 Å². The van der Waals surface area contributed by atoms with Gasteiger partial charge in [-0.05, 0) is 24.4 Å². The number of rotatable bonds is 3. The minimum absolute atomic E-state index is 0.0838. The molecule has 114 valence electrons. The predicted octanol–water partition coefficient (Wildman–Crippen LogP) is 1.62. The lowest BCUT2D eigenvalue weighted by molar-refractivity contribution is 0.472. The lowest BCUT2D eigenvalue weighted by atomic mass is 10.0. The second kappa shape index (κ2) is 4.95. The molecule has 0 aliphatic carbocycles. The van der Waals surface area contributed by atoms with E-state index in [9.17, 15) is 25.9 Å². The van der Waals surface area contributed by atoms with Crippen LogP contribution in [0.2, 0.25) is 0 Å². The maximum atomic E-state index is 11.4. The van der Waals surface area contributed by atoms with Crippen LogP contribution >= 0.6 is 0 Å². The summed E-state index contributed by atoms with van der Waals surface area (Å²) in [6.45, 7) is 1.24. The van der Waals surface area contributed by atoms with Crippen molar-refractivity contribution in [2.75, 3.05) is 5.73 Å². The van der Waals surface area contributed by atoms with Gasteiger partial charge in [0.15, 0.2) is 0 Å². The van der Waals surface area contributed by atoms with Crippen molar-refractivity contribution in [3.8, 4) is 0 Å². The molecule has 9 heteroatoms. The van der Waals surface area contributed by atoms with Gasteiger partial charge in [-0.1, -0.05) is 18.2 Å². The van der Waals surface area contributed by atoms with Gasteiger partial charge in [0.2, 0.25) is 0 Å². The van der Waals surface area contributed by atoms with Crippen molar-refractivity contribution in [2.45, 2.75) is 17.1 Å². The maximum Gasteiger partial charge on any atom is 0.295 e. The Morgan fingerprint density at radius 2 is 1.62 bits per heavy atom. The van der Waals surface area contributed by atoms with Crippen molar-refractivity contribution in [1.82, 2.24) is 0 Å². The molecule has 0 amide bonds. The molecule has 21 heavy (non-hydrogen) atoms. The van der Waals surface area contributed by atoms with Crippen LogP contribution in [0.25, 0.3) is 10.8 Å². The quantitative estimate of drug-likeness (QED) is 0.574. The summed E-state index contributed by atoms with van der Waals surface area (Å²) in [5.74, 6) is 0. The molecule has 2 aromatic carbocycles. The standard InChI is InChI=1S/C12H13NO6S2/c1-7(20(14,15)16)12-9-3-2-4-11(21(17,18)19)8(9)5-6-10(12)13/h2-7H,13H2,1H3,(H,14,15,16)(H,17,18,19). The summed E-state index contributed by atoms with van der Waals surface area (Å²) in [5, 5.41) is -0.979. The lowest BCUT2D eigenvalue weighted by Gasteiger charge is -2.16. The third-order valence-electron chi connectivity index (χ3n) is 3.23. The molecule has 4 N–H and O–H groups in total. The number of anilines is 1. The van der Waals surface area contributed by atoms with Crippen LogP contribution < -0.4 is 5.73 Å². The fourth-order valence-electron chi connectivity index (χ4n) is 2.20. The number of fused-ring (bicyclic) bond motifs is 1. The zero-order valence-corrected chi connectivity index (χ0v) is 12.5. The fourth-order valence-corrected chi connectivity index (χ4v) is 3.46. The van der Waals surface area contributed by atoms with Gasteiger partial charge in [-0.15, -0.1) is 0 Å². The molecule has 0 bridgehead atoms. The first kappa shape index (κ1) is 15.7. The molecule has 0 saturated carbocycles. The molecule has 2 aromatic rings. The van der Waals surface area contributed by atoms with E-state index in [-0.39, 0.29) is 26.9 Å². The van der Waals surface area contributed by atoms with Crippen molar-refractivity contribution in [3.63, 3.8) is 0 Å². The zero-order valence-electron chi connectivity index (χ0n) is 10.9. The smallest absolute Gasteiger partial charge is 0.295 e. The van der Waals surface area contributed by atoms with Gasteiger partial charge in [-0.25, -0.2) is 0 Å². The maximum absolute atomic E-state index is 11.4. The Balaban J connectivity index is 2.94. The van der Waals surface area contributed by atoms with E-state index >= 15 is 0 Å². The first-order valence-electron chi connectivity index (χ1n) is 5.78. The topological polar surface area (TPSA) is 135 Å². The van der Waals surface area contributed by atoms with E-state index < -0.39 is 25.5 Å². The van der Waals surface area contributed by atoms with Crippen molar-refractivity contribution in [2.24, 2.45) is 0 Å². The Bertz CT molecular complexity index is 918. The molecular formula is C12H13NO6S2. The van der Waals surface area contributed by atoms with Gasteiger partial charge in [-0.3, -0.25) is 9.11 Å². The van der Waals surface area contributed by atoms with Crippen molar-refractivity contribution < 1.29 is 25.9 Å². The number of nitrogen functional groups attached to an aromatic ring is 1. The first-order chi connectivity index (χ1) is 9.53. The Hall–Kier alpha value is -1.68. The summed E-state index contributed by atoms with van der Waals surface area (Å²) in [4.78, 5) is -0.358.